The topological polar surface area (TPSA) is 73.6 Å². The van der Waals surface area contributed by atoms with Crippen molar-refractivity contribution >= 4 is 14.4 Å². The van der Waals surface area contributed by atoms with Crippen LogP contribution in [0, 0.1) is 0 Å². The summed E-state index contributed by atoms with van der Waals surface area (Å²) in [5.41, 5.74) is 5.18. The first-order valence-corrected chi connectivity index (χ1v) is 10.0. The lowest BCUT2D eigenvalue weighted by Crippen LogP contribution is -2.49. The molecule has 5 nitrogen and oxygen atoms in total. The fraction of sp³-hybridized carbons (Fsp3) is 0.929. The van der Waals surface area contributed by atoms with Gasteiger partial charge in [0.15, 0.2) is 8.32 Å². The molecular formula is C14H32N2O3Si. The van der Waals surface area contributed by atoms with Crippen LogP contribution in [-0.2, 0) is 9.16 Å². The summed E-state index contributed by atoms with van der Waals surface area (Å²) in [6, 6.07) is -0.223. The molecule has 0 aromatic heterocycles. The molecule has 0 radical (unpaired) electrons. The van der Waals surface area contributed by atoms with Gasteiger partial charge in [0.1, 0.15) is 5.60 Å². The summed E-state index contributed by atoms with van der Waals surface area (Å²) in [7, 11) is -1.83. The first-order valence-electron chi connectivity index (χ1n) is 7.12. The third kappa shape index (κ3) is 7.26. The predicted octanol–water partition coefficient (Wildman–Crippen LogP) is 2.86. The number of nitrogens with two attached hydrogens (primary N) is 1. The zero-order valence-electron chi connectivity index (χ0n) is 14.3. The largest absolute Gasteiger partial charge is 0.444 e. The van der Waals surface area contributed by atoms with Crippen molar-refractivity contribution in [2.24, 2.45) is 5.73 Å². The van der Waals surface area contributed by atoms with Gasteiger partial charge in [-0.05, 0) is 38.9 Å². The van der Waals surface area contributed by atoms with Crippen LogP contribution in [0.4, 0.5) is 4.79 Å². The number of ether oxygens (including phenoxy) is 1. The van der Waals surface area contributed by atoms with Gasteiger partial charge < -0.3 is 20.2 Å². The van der Waals surface area contributed by atoms with Gasteiger partial charge in [-0.15, -0.1) is 0 Å². The van der Waals surface area contributed by atoms with Gasteiger partial charge in [0.25, 0.3) is 0 Å². The molecule has 1 amide bonds. The van der Waals surface area contributed by atoms with E-state index in [2.05, 4.69) is 39.2 Å². The summed E-state index contributed by atoms with van der Waals surface area (Å²) < 4.78 is 11.3. The van der Waals surface area contributed by atoms with Crippen molar-refractivity contribution in [3.05, 3.63) is 0 Å². The van der Waals surface area contributed by atoms with Crippen LogP contribution in [0.1, 0.15) is 41.5 Å². The standard InChI is InChI=1S/C14H32N2O3Si/c1-13(2,3)19-12(17)16-11(9-15)10-18-20(7,8)14(4,5)6/h11H,9-10,15H2,1-8H3,(H,16,17)/t11-/m1/s1. The number of alkyl carbamates (subject to hydrolysis) is 1. The van der Waals surface area contributed by atoms with E-state index in [0.29, 0.717) is 13.2 Å². The van der Waals surface area contributed by atoms with Gasteiger partial charge in [0.05, 0.1) is 12.6 Å². The van der Waals surface area contributed by atoms with Gasteiger partial charge in [0.2, 0.25) is 0 Å². The van der Waals surface area contributed by atoms with Crippen molar-refractivity contribution in [3.8, 4) is 0 Å². The summed E-state index contributed by atoms with van der Waals surface area (Å²) in [6.45, 7) is 17.1. The summed E-state index contributed by atoms with van der Waals surface area (Å²) in [6.07, 6.45) is -0.452. The second kappa shape index (κ2) is 6.91. The van der Waals surface area contributed by atoms with Crippen molar-refractivity contribution in [2.45, 2.75) is 71.3 Å². The van der Waals surface area contributed by atoms with Crippen molar-refractivity contribution in [2.75, 3.05) is 13.2 Å². The van der Waals surface area contributed by atoms with E-state index in [1.165, 1.54) is 0 Å². The molecule has 0 rings (SSSR count). The van der Waals surface area contributed by atoms with Crippen LogP contribution < -0.4 is 11.1 Å². The van der Waals surface area contributed by atoms with Crippen molar-refractivity contribution in [1.82, 2.24) is 5.32 Å². The van der Waals surface area contributed by atoms with E-state index in [0.717, 1.165) is 0 Å². The number of hydrogen-bond donors (Lipinski definition) is 2. The molecule has 3 N–H and O–H groups in total. The monoisotopic (exact) mass is 304 g/mol. The fourth-order valence-electron chi connectivity index (χ4n) is 1.17. The van der Waals surface area contributed by atoms with Gasteiger partial charge in [-0.2, -0.15) is 0 Å². The van der Waals surface area contributed by atoms with Crippen LogP contribution in [0.15, 0.2) is 0 Å². The molecule has 0 saturated heterocycles. The zero-order valence-corrected chi connectivity index (χ0v) is 15.3. The highest BCUT2D eigenvalue weighted by molar-refractivity contribution is 6.74. The fourth-order valence-corrected chi connectivity index (χ4v) is 2.22. The molecule has 0 aromatic carbocycles. The first-order chi connectivity index (χ1) is 8.78. The molecule has 0 heterocycles. The predicted molar refractivity (Wildman–Crippen MR) is 85.4 cm³/mol. The molecule has 1 atom stereocenters. The molecule has 0 spiro atoms. The Bertz CT molecular complexity index is 319. The number of hydrogen-bond acceptors (Lipinski definition) is 4. The van der Waals surface area contributed by atoms with Gasteiger partial charge in [0, 0.05) is 6.54 Å². The van der Waals surface area contributed by atoms with Crippen molar-refractivity contribution in [3.63, 3.8) is 0 Å². The number of carbonyl (C=O) groups is 1. The van der Waals surface area contributed by atoms with Crippen molar-refractivity contribution < 1.29 is 14.0 Å². The smallest absolute Gasteiger partial charge is 0.407 e. The number of amides is 1. The van der Waals surface area contributed by atoms with E-state index < -0.39 is 20.0 Å². The van der Waals surface area contributed by atoms with Gasteiger partial charge in [-0.3, -0.25) is 0 Å². The zero-order chi connectivity index (χ0) is 16.2. The molecule has 0 aliphatic heterocycles. The lowest BCUT2D eigenvalue weighted by atomic mass is 10.2. The second-order valence-corrected chi connectivity index (χ2v) is 12.5. The Morgan fingerprint density at radius 3 is 2.05 bits per heavy atom. The minimum Gasteiger partial charge on any atom is -0.444 e. The molecule has 0 unspecified atom stereocenters. The molecule has 120 valence electrons. The van der Waals surface area contributed by atoms with E-state index in [1.54, 1.807) is 0 Å². The maximum absolute atomic E-state index is 11.7. The van der Waals surface area contributed by atoms with Crippen LogP contribution in [0.3, 0.4) is 0 Å². The number of rotatable bonds is 5. The molecule has 0 saturated carbocycles. The maximum atomic E-state index is 11.7. The van der Waals surface area contributed by atoms with Crippen LogP contribution in [0.25, 0.3) is 0 Å². The van der Waals surface area contributed by atoms with Crippen LogP contribution in [-0.4, -0.2) is 39.2 Å². The Labute approximate surface area is 124 Å². The molecule has 6 heteroatoms. The molecule has 0 aliphatic carbocycles. The lowest BCUT2D eigenvalue weighted by molar-refractivity contribution is 0.0488. The lowest BCUT2D eigenvalue weighted by Gasteiger charge is -2.37. The third-order valence-corrected chi connectivity index (χ3v) is 7.96. The highest BCUT2D eigenvalue weighted by atomic mass is 28.4. The minimum atomic E-state index is -1.83. The van der Waals surface area contributed by atoms with E-state index in [1.807, 2.05) is 20.8 Å². The molecule has 0 aromatic rings. The van der Waals surface area contributed by atoms with Crippen LogP contribution in [0.2, 0.25) is 18.1 Å². The van der Waals surface area contributed by atoms with E-state index in [4.69, 9.17) is 14.9 Å². The molecule has 0 fully saturated rings. The Morgan fingerprint density at radius 2 is 1.70 bits per heavy atom. The molecule has 20 heavy (non-hydrogen) atoms. The summed E-state index contributed by atoms with van der Waals surface area (Å²) in [5, 5.41) is 2.90. The average molecular weight is 305 g/mol. The Balaban J connectivity index is 4.41. The Morgan fingerprint density at radius 1 is 1.20 bits per heavy atom. The SMILES string of the molecule is CC(C)(C)OC(=O)N[C@H](CN)CO[Si](C)(C)C(C)(C)C. The highest BCUT2D eigenvalue weighted by Crippen LogP contribution is 2.36. The van der Waals surface area contributed by atoms with E-state index >= 15 is 0 Å². The van der Waals surface area contributed by atoms with Gasteiger partial charge >= 0.3 is 6.09 Å². The third-order valence-electron chi connectivity index (χ3n) is 3.46. The average Bonchev–Trinajstić information content (AvgIpc) is 2.19. The maximum Gasteiger partial charge on any atom is 0.407 e. The van der Waals surface area contributed by atoms with Crippen LogP contribution in [0.5, 0.6) is 0 Å². The summed E-state index contributed by atoms with van der Waals surface area (Å²) in [5.74, 6) is 0. The van der Waals surface area contributed by atoms with Gasteiger partial charge in [-0.1, -0.05) is 20.8 Å². The Kier molecular flexibility index (Phi) is 6.71. The van der Waals surface area contributed by atoms with E-state index in [-0.39, 0.29) is 11.1 Å². The molecular weight excluding hydrogens is 272 g/mol. The minimum absolute atomic E-state index is 0.137. The Hall–Kier alpha value is -0.593. The normalized spacial score (nSPS) is 14.8. The quantitative estimate of drug-likeness (QED) is 0.766. The van der Waals surface area contributed by atoms with Crippen molar-refractivity contribution in [1.29, 1.82) is 0 Å². The number of carbonyl (C=O) groups excluding carboxylic acids is 1. The number of nitrogens with one attached hydrogen (secondary N) is 1. The van der Waals surface area contributed by atoms with Gasteiger partial charge in [-0.25, -0.2) is 4.79 Å². The summed E-state index contributed by atoms with van der Waals surface area (Å²) in [4.78, 5) is 11.7. The first kappa shape index (κ1) is 19.4. The van der Waals surface area contributed by atoms with Crippen LogP contribution >= 0.6 is 0 Å². The summed E-state index contributed by atoms with van der Waals surface area (Å²) >= 11 is 0. The highest BCUT2D eigenvalue weighted by Gasteiger charge is 2.37. The molecule has 0 bridgehead atoms. The molecule has 0 aliphatic rings. The second-order valence-electron chi connectivity index (χ2n) is 7.65. The van der Waals surface area contributed by atoms with E-state index in [9.17, 15) is 4.79 Å².